The van der Waals surface area contributed by atoms with Gasteiger partial charge < -0.3 is 9.47 Å². The van der Waals surface area contributed by atoms with Gasteiger partial charge in [-0.05, 0) is 56.9 Å². The van der Waals surface area contributed by atoms with Gasteiger partial charge in [-0.1, -0.05) is 92.2 Å². The molecular formula is C31H26O4. The van der Waals surface area contributed by atoms with Gasteiger partial charge in [0, 0.05) is 5.56 Å². The molecule has 0 saturated carbocycles. The Kier molecular flexibility index (Phi) is 6.44. The first kappa shape index (κ1) is 22.6. The number of carbonyl (C=O) groups excluding carboxylic acids is 2. The Morgan fingerprint density at radius 1 is 0.714 bits per heavy atom. The summed E-state index contributed by atoms with van der Waals surface area (Å²) in [6.07, 6.45) is 0.122. The Bertz CT molecular complexity index is 1480. The van der Waals surface area contributed by atoms with Crippen molar-refractivity contribution in [1.82, 2.24) is 0 Å². The number of carbonyl (C=O) groups is 2. The third kappa shape index (κ3) is 4.73. The average Bonchev–Trinajstić information content (AvgIpc) is 2.90. The normalized spacial score (nSPS) is 12.0. The van der Waals surface area contributed by atoms with E-state index in [1.807, 2.05) is 73.7 Å². The molecule has 0 heterocycles. The number of hydrogen-bond donors (Lipinski definition) is 0. The Balaban J connectivity index is 1.36. The first-order valence-corrected chi connectivity index (χ1v) is 11.9. The summed E-state index contributed by atoms with van der Waals surface area (Å²) in [5.41, 5.74) is 1.36. The van der Waals surface area contributed by atoms with E-state index in [2.05, 4.69) is 18.2 Å². The van der Waals surface area contributed by atoms with Crippen molar-refractivity contribution in [2.24, 2.45) is 0 Å². The Hall–Kier alpha value is -4.18. The minimum Gasteiger partial charge on any atom is -0.458 e. The lowest BCUT2D eigenvalue weighted by molar-refractivity contribution is -0.155. The lowest BCUT2D eigenvalue weighted by Crippen LogP contribution is -2.29. The molecule has 5 rings (SSSR count). The molecule has 0 saturated heterocycles. The van der Waals surface area contributed by atoms with Crippen LogP contribution >= 0.6 is 0 Å². The molecule has 1 atom stereocenters. The highest BCUT2D eigenvalue weighted by atomic mass is 16.6. The van der Waals surface area contributed by atoms with Crippen LogP contribution in [0.5, 0.6) is 0 Å². The summed E-state index contributed by atoms with van der Waals surface area (Å²) in [6, 6.07) is 31.5. The van der Waals surface area contributed by atoms with Gasteiger partial charge in [-0.2, -0.15) is 0 Å². The van der Waals surface area contributed by atoms with E-state index in [1.165, 1.54) is 0 Å². The van der Waals surface area contributed by atoms with Gasteiger partial charge in [0.25, 0.3) is 0 Å². The van der Waals surface area contributed by atoms with E-state index in [0.29, 0.717) is 18.4 Å². The Morgan fingerprint density at radius 2 is 1.31 bits per heavy atom. The van der Waals surface area contributed by atoms with E-state index >= 15 is 0 Å². The molecule has 0 aromatic heterocycles. The largest absolute Gasteiger partial charge is 0.458 e. The van der Waals surface area contributed by atoms with Crippen LogP contribution in [0.2, 0.25) is 0 Å². The number of hydrogen-bond acceptors (Lipinski definition) is 4. The summed E-state index contributed by atoms with van der Waals surface area (Å²) < 4.78 is 11.4. The maximum absolute atomic E-state index is 13.1. The molecule has 5 aromatic rings. The van der Waals surface area contributed by atoms with Gasteiger partial charge in [0.05, 0.1) is 5.56 Å². The molecule has 0 aliphatic carbocycles. The van der Waals surface area contributed by atoms with Gasteiger partial charge in [-0.15, -0.1) is 0 Å². The van der Waals surface area contributed by atoms with E-state index < -0.39 is 18.0 Å². The Labute approximate surface area is 204 Å². The summed E-state index contributed by atoms with van der Waals surface area (Å²) in [5, 5.41) is 6.24. The monoisotopic (exact) mass is 462 g/mol. The predicted octanol–water partition coefficient (Wildman–Crippen LogP) is 7.22. The summed E-state index contributed by atoms with van der Waals surface area (Å²) in [5.74, 6) is -1.06. The van der Waals surface area contributed by atoms with Gasteiger partial charge in [-0.25, -0.2) is 9.59 Å². The third-order valence-corrected chi connectivity index (χ3v) is 6.29. The maximum atomic E-state index is 13.1. The molecule has 0 N–H and O–H groups in total. The topological polar surface area (TPSA) is 52.6 Å². The average molecular weight is 463 g/mol. The van der Waals surface area contributed by atoms with Gasteiger partial charge in [-0.3, -0.25) is 0 Å². The fraction of sp³-hybridized carbons (Fsp3) is 0.161. The van der Waals surface area contributed by atoms with Crippen molar-refractivity contribution in [3.8, 4) is 0 Å². The molecule has 4 heteroatoms. The van der Waals surface area contributed by atoms with Crippen LogP contribution in [0, 0.1) is 0 Å². The molecule has 0 bridgehead atoms. The van der Waals surface area contributed by atoms with Gasteiger partial charge >= 0.3 is 11.9 Å². The Morgan fingerprint density at radius 3 is 1.97 bits per heavy atom. The van der Waals surface area contributed by atoms with Crippen molar-refractivity contribution in [2.75, 3.05) is 0 Å². The van der Waals surface area contributed by atoms with E-state index in [1.54, 1.807) is 12.1 Å². The molecule has 0 unspecified atom stereocenters. The molecular weight excluding hydrogens is 436 g/mol. The molecule has 5 aromatic carbocycles. The molecule has 4 nitrogen and oxygen atoms in total. The zero-order chi connectivity index (χ0) is 24.2. The number of esters is 2. The molecule has 0 radical (unpaired) electrons. The van der Waals surface area contributed by atoms with Crippen LogP contribution in [-0.2, 0) is 20.9 Å². The van der Waals surface area contributed by atoms with Crippen LogP contribution < -0.4 is 0 Å². The first-order valence-electron chi connectivity index (χ1n) is 11.9. The highest BCUT2D eigenvalue weighted by Crippen LogP contribution is 2.29. The van der Waals surface area contributed by atoms with E-state index in [9.17, 15) is 9.59 Å². The predicted molar refractivity (Wildman–Crippen MR) is 139 cm³/mol. The third-order valence-electron chi connectivity index (χ3n) is 6.29. The molecule has 0 amide bonds. The van der Waals surface area contributed by atoms with E-state index in [0.717, 1.165) is 37.9 Å². The van der Waals surface area contributed by atoms with Crippen LogP contribution in [0.1, 0.15) is 35.7 Å². The number of fused-ring (bicyclic) bond motifs is 3. The van der Waals surface area contributed by atoms with Crippen molar-refractivity contribution in [3.05, 3.63) is 108 Å². The maximum Gasteiger partial charge on any atom is 0.347 e. The summed E-state index contributed by atoms with van der Waals surface area (Å²) in [4.78, 5) is 25.9. The lowest BCUT2D eigenvalue weighted by Gasteiger charge is -2.18. The van der Waals surface area contributed by atoms with Gasteiger partial charge in [0.15, 0.2) is 6.10 Å². The molecule has 0 spiro atoms. The van der Waals surface area contributed by atoms with E-state index in [4.69, 9.17) is 9.47 Å². The van der Waals surface area contributed by atoms with Crippen LogP contribution in [0.25, 0.3) is 32.3 Å². The fourth-order valence-corrected chi connectivity index (χ4v) is 4.50. The lowest BCUT2D eigenvalue weighted by atomic mass is 9.97. The van der Waals surface area contributed by atoms with Crippen LogP contribution in [0.15, 0.2) is 97.1 Å². The number of rotatable bonds is 7. The van der Waals surface area contributed by atoms with Crippen molar-refractivity contribution in [2.45, 2.75) is 32.5 Å². The number of benzene rings is 5. The molecule has 0 aliphatic rings. The second-order valence-electron chi connectivity index (χ2n) is 8.65. The van der Waals surface area contributed by atoms with Gasteiger partial charge in [0.2, 0.25) is 0 Å². The van der Waals surface area contributed by atoms with Crippen molar-refractivity contribution in [3.63, 3.8) is 0 Å². The molecule has 35 heavy (non-hydrogen) atoms. The van der Waals surface area contributed by atoms with E-state index in [-0.39, 0.29) is 6.61 Å². The smallest absolute Gasteiger partial charge is 0.347 e. The first-order chi connectivity index (χ1) is 17.1. The minimum atomic E-state index is -0.958. The van der Waals surface area contributed by atoms with Gasteiger partial charge in [0.1, 0.15) is 6.61 Å². The van der Waals surface area contributed by atoms with Crippen molar-refractivity contribution >= 4 is 44.3 Å². The number of ether oxygens (including phenoxy) is 2. The van der Waals surface area contributed by atoms with Crippen LogP contribution in [0.3, 0.4) is 0 Å². The molecule has 174 valence electrons. The minimum absolute atomic E-state index is 0.106. The zero-order valence-electron chi connectivity index (χ0n) is 19.6. The summed E-state index contributed by atoms with van der Waals surface area (Å²) in [6.45, 7) is 2.05. The van der Waals surface area contributed by atoms with Crippen molar-refractivity contribution < 1.29 is 19.1 Å². The van der Waals surface area contributed by atoms with Crippen molar-refractivity contribution in [1.29, 1.82) is 0 Å². The molecule has 0 fully saturated rings. The fourth-order valence-electron chi connectivity index (χ4n) is 4.50. The SMILES string of the molecule is CCC[C@@H](OC(=O)c1ccc2ccccc2c1)C(=O)OCc1c2ccccc2cc2ccccc12. The zero-order valence-corrected chi connectivity index (χ0v) is 19.6. The second kappa shape index (κ2) is 9.98. The van der Waals surface area contributed by atoms with Crippen LogP contribution in [-0.4, -0.2) is 18.0 Å². The quantitative estimate of drug-likeness (QED) is 0.189. The highest BCUT2D eigenvalue weighted by Gasteiger charge is 2.25. The standard InChI is InChI=1S/C31H26O4/c1-2-9-29(35-30(32)25-17-16-21-10-3-4-11-22(21)18-25)31(33)34-20-28-26-14-7-5-12-23(26)19-24-13-6-8-15-27(24)28/h3-8,10-19,29H,2,9,20H2,1H3/t29-/m1/s1. The second-order valence-corrected chi connectivity index (χ2v) is 8.65. The summed E-state index contributed by atoms with van der Waals surface area (Å²) in [7, 11) is 0. The van der Waals surface area contributed by atoms with Crippen LogP contribution in [0.4, 0.5) is 0 Å². The highest BCUT2D eigenvalue weighted by molar-refractivity contribution is 6.02. The molecule has 0 aliphatic heterocycles. The summed E-state index contributed by atoms with van der Waals surface area (Å²) >= 11 is 0.